The van der Waals surface area contributed by atoms with E-state index in [-0.39, 0.29) is 0 Å². The van der Waals surface area contributed by atoms with E-state index in [4.69, 9.17) is 0 Å². The van der Waals surface area contributed by atoms with E-state index in [0.29, 0.717) is 5.41 Å². The van der Waals surface area contributed by atoms with Gasteiger partial charge >= 0.3 is 0 Å². The van der Waals surface area contributed by atoms with Crippen LogP contribution in [0.1, 0.15) is 6.42 Å². The van der Waals surface area contributed by atoms with Crippen molar-refractivity contribution < 1.29 is 0 Å². The van der Waals surface area contributed by atoms with E-state index >= 15 is 0 Å². The Hall–Kier alpha value is -0.200. The average Bonchev–Trinajstić information content (AvgIpc) is 2.68. The van der Waals surface area contributed by atoms with Crippen molar-refractivity contribution in [3.05, 3.63) is 3.92 Å². The number of aromatic nitrogens is 2. The van der Waals surface area contributed by atoms with Crippen molar-refractivity contribution in [1.29, 1.82) is 0 Å². The van der Waals surface area contributed by atoms with Gasteiger partial charge in [0, 0.05) is 25.0 Å². The zero-order chi connectivity index (χ0) is 9.60. The molecular formula is C8H11BrN4S. The molecule has 0 unspecified atom stereocenters. The molecule has 0 radical (unpaired) electrons. The summed E-state index contributed by atoms with van der Waals surface area (Å²) < 4.78 is 0.873. The van der Waals surface area contributed by atoms with E-state index < -0.39 is 0 Å². The lowest BCUT2D eigenvalue weighted by Crippen LogP contribution is -2.57. The number of nitrogens with zero attached hydrogens (tertiary/aromatic N) is 3. The first-order valence-corrected chi connectivity index (χ1v) is 6.33. The van der Waals surface area contributed by atoms with Gasteiger partial charge < -0.3 is 10.2 Å². The third-order valence-electron chi connectivity index (χ3n) is 3.04. The molecular weight excluding hydrogens is 264 g/mol. The summed E-state index contributed by atoms with van der Waals surface area (Å²) in [5, 5.41) is 12.6. The molecule has 4 nitrogen and oxygen atoms in total. The first kappa shape index (κ1) is 9.06. The molecule has 3 heterocycles. The monoisotopic (exact) mass is 274 g/mol. The molecule has 1 aromatic rings. The van der Waals surface area contributed by atoms with Crippen LogP contribution in [0, 0.1) is 5.41 Å². The van der Waals surface area contributed by atoms with Gasteiger partial charge in [-0.25, -0.2) is 0 Å². The van der Waals surface area contributed by atoms with Gasteiger partial charge in [-0.1, -0.05) is 11.3 Å². The van der Waals surface area contributed by atoms with Gasteiger partial charge in [0.2, 0.25) is 5.13 Å². The van der Waals surface area contributed by atoms with Crippen LogP contribution in [0.15, 0.2) is 3.92 Å². The highest BCUT2D eigenvalue weighted by atomic mass is 79.9. The molecule has 0 atom stereocenters. The fourth-order valence-electron chi connectivity index (χ4n) is 2.29. The third kappa shape index (κ3) is 1.36. The molecule has 6 heteroatoms. The Morgan fingerprint density at radius 3 is 2.86 bits per heavy atom. The second-order valence-corrected chi connectivity index (χ2v) is 6.35. The zero-order valence-electron chi connectivity index (χ0n) is 7.66. The van der Waals surface area contributed by atoms with Gasteiger partial charge in [-0.05, 0) is 28.9 Å². The molecule has 76 valence electrons. The molecule has 0 aromatic carbocycles. The van der Waals surface area contributed by atoms with Crippen molar-refractivity contribution in [2.75, 3.05) is 31.1 Å². The number of rotatable bonds is 1. The fourth-order valence-corrected chi connectivity index (χ4v) is 3.38. The highest BCUT2D eigenvalue weighted by molar-refractivity contribution is 9.11. The number of hydrogen-bond donors (Lipinski definition) is 1. The Kier molecular flexibility index (Phi) is 2.04. The number of nitrogens with one attached hydrogen (secondary N) is 1. The number of anilines is 1. The van der Waals surface area contributed by atoms with Crippen LogP contribution in [0.2, 0.25) is 0 Å². The SMILES string of the molecule is Brc1nnc(N2CC3(CCNC3)C2)s1. The summed E-state index contributed by atoms with van der Waals surface area (Å²) in [4.78, 5) is 2.31. The lowest BCUT2D eigenvalue weighted by molar-refractivity contribution is 0.243. The lowest BCUT2D eigenvalue weighted by Gasteiger charge is -2.47. The maximum absolute atomic E-state index is 4.12. The van der Waals surface area contributed by atoms with Crippen molar-refractivity contribution in [1.82, 2.24) is 15.5 Å². The van der Waals surface area contributed by atoms with Crippen molar-refractivity contribution >= 4 is 32.4 Å². The van der Waals surface area contributed by atoms with Crippen molar-refractivity contribution in [2.45, 2.75) is 6.42 Å². The van der Waals surface area contributed by atoms with Gasteiger partial charge in [0.25, 0.3) is 0 Å². The molecule has 0 saturated carbocycles. The van der Waals surface area contributed by atoms with Gasteiger partial charge in [0.05, 0.1) is 0 Å². The molecule has 0 aliphatic carbocycles. The maximum atomic E-state index is 4.12. The summed E-state index contributed by atoms with van der Waals surface area (Å²) in [6, 6.07) is 0. The summed E-state index contributed by atoms with van der Waals surface area (Å²) >= 11 is 4.95. The molecule has 2 aliphatic rings. The van der Waals surface area contributed by atoms with Crippen LogP contribution >= 0.6 is 27.3 Å². The van der Waals surface area contributed by atoms with Crippen molar-refractivity contribution in [2.24, 2.45) is 5.41 Å². The Balaban J connectivity index is 1.69. The van der Waals surface area contributed by atoms with Gasteiger partial charge in [-0.3, -0.25) is 0 Å². The predicted octanol–water partition coefficient (Wildman–Crippen LogP) is 1.10. The fraction of sp³-hybridized carbons (Fsp3) is 0.750. The number of hydrogen-bond acceptors (Lipinski definition) is 5. The van der Waals surface area contributed by atoms with E-state index in [1.165, 1.54) is 19.5 Å². The van der Waals surface area contributed by atoms with Gasteiger partial charge in [0.15, 0.2) is 3.92 Å². The molecule has 2 fully saturated rings. The highest BCUT2D eigenvalue weighted by Gasteiger charge is 2.45. The van der Waals surface area contributed by atoms with Crippen molar-refractivity contribution in [3.8, 4) is 0 Å². The van der Waals surface area contributed by atoms with Gasteiger partial charge in [-0.2, -0.15) is 0 Å². The smallest absolute Gasteiger partial charge is 0.209 e. The van der Waals surface area contributed by atoms with E-state index in [0.717, 1.165) is 22.1 Å². The van der Waals surface area contributed by atoms with E-state index in [2.05, 4.69) is 36.3 Å². The summed E-state index contributed by atoms with van der Waals surface area (Å²) in [6.45, 7) is 4.63. The molecule has 2 saturated heterocycles. The topological polar surface area (TPSA) is 41.1 Å². The quantitative estimate of drug-likeness (QED) is 0.833. The second kappa shape index (κ2) is 3.15. The van der Waals surface area contributed by atoms with Crippen molar-refractivity contribution in [3.63, 3.8) is 0 Å². The molecule has 3 rings (SSSR count). The van der Waals surface area contributed by atoms with Gasteiger partial charge in [-0.15, -0.1) is 10.2 Å². The maximum Gasteiger partial charge on any atom is 0.209 e. The minimum absolute atomic E-state index is 0.540. The summed E-state index contributed by atoms with van der Waals surface area (Å²) in [6.07, 6.45) is 1.31. The molecule has 2 aliphatic heterocycles. The van der Waals surface area contributed by atoms with Crippen LogP contribution in [-0.4, -0.2) is 36.4 Å². The Bertz CT molecular complexity index is 339. The average molecular weight is 275 g/mol. The minimum atomic E-state index is 0.540. The summed E-state index contributed by atoms with van der Waals surface area (Å²) in [7, 11) is 0. The minimum Gasteiger partial charge on any atom is -0.345 e. The Morgan fingerprint density at radius 2 is 2.29 bits per heavy atom. The molecule has 0 amide bonds. The highest BCUT2D eigenvalue weighted by Crippen LogP contribution is 2.40. The first-order valence-electron chi connectivity index (χ1n) is 4.72. The molecule has 1 N–H and O–H groups in total. The van der Waals surface area contributed by atoms with Crippen LogP contribution in [0.25, 0.3) is 0 Å². The summed E-state index contributed by atoms with van der Waals surface area (Å²) in [5.74, 6) is 0. The molecule has 1 aromatic heterocycles. The standard InChI is InChI=1S/C8H11BrN4S/c9-6-11-12-7(14-6)13-4-8(5-13)1-2-10-3-8/h10H,1-5H2. The largest absolute Gasteiger partial charge is 0.345 e. The molecule has 0 bridgehead atoms. The molecule has 1 spiro atoms. The predicted molar refractivity (Wildman–Crippen MR) is 59.7 cm³/mol. The first-order chi connectivity index (χ1) is 6.77. The molecule has 14 heavy (non-hydrogen) atoms. The Morgan fingerprint density at radius 1 is 1.43 bits per heavy atom. The Labute approximate surface area is 94.8 Å². The summed E-state index contributed by atoms with van der Waals surface area (Å²) in [5.41, 5.74) is 0.540. The second-order valence-electron chi connectivity index (χ2n) is 4.12. The van der Waals surface area contributed by atoms with Gasteiger partial charge in [0.1, 0.15) is 0 Å². The lowest BCUT2D eigenvalue weighted by atomic mass is 9.79. The number of halogens is 1. The van der Waals surface area contributed by atoms with Crippen LogP contribution in [0.4, 0.5) is 5.13 Å². The van der Waals surface area contributed by atoms with Crippen LogP contribution in [0.3, 0.4) is 0 Å². The normalized spacial score (nSPS) is 24.2. The third-order valence-corrected chi connectivity index (χ3v) is 4.46. The van der Waals surface area contributed by atoms with E-state index in [9.17, 15) is 0 Å². The van der Waals surface area contributed by atoms with E-state index in [1.54, 1.807) is 11.3 Å². The zero-order valence-corrected chi connectivity index (χ0v) is 10.1. The van der Waals surface area contributed by atoms with Crippen LogP contribution in [-0.2, 0) is 0 Å². The van der Waals surface area contributed by atoms with Crippen LogP contribution in [0.5, 0.6) is 0 Å². The van der Waals surface area contributed by atoms with Crippen LogP contribution < -0.4 is 10.2 Å². The van der Waals surface area contributed by atoms with E-state index in [1.807, 2.05) is 0 Å².